The smallest absolute Gasteiger partial charge is 0.307 e. The first-order valence-electron chi connectivity index (χ1n) is 5.65. The largest absolute Gasteiger partial charge is 0.481 e. The van der Waals surface area contributed by atoms with Crippen molar-refractivity contribution in [2.75, 3.05) is 20.1 Å². The number of benzene rings is 1. The van der Waals surface area contributed by atoms with Crippen molar-refractivity contribution in [1.29, 1.82) is 0 Å². The summed E-state index contributed by atoms with van der Waals surface area (Å²) in [5, 5.41) is 8.78. The molecule has 0 aliphatic carbocycles. The Balaban J connectivity index is 2.38. The zero-order valence-corrected chi connectivity index (χ0v) is 10.2. The van der Waals surface area contributed by atoms with Crippen molar-refractivity contribution >= 4 is 5.97 Å². The maximum Gasteiger partial charge on any atom is 0.307 e. The SMILES string of the molecule is CC(CN(C)CCc1cccc(F)c1)C(=O)O. The number of carboxylic acids is 1. The van der Waals surface area contributed by atoms with Gasteiger partial charge in [-0.05, 0) is 31.2 Å². The van der Waals surface area contributed by atoms with Crippen molar-refractivity contribution in [2.24, 2.45) is 5.92 Å². The molecule has 0 saturated heterocycles. The van der Waals surface area contributed by atoms with Crippen molar-refractivity contribution in [3.63, 3.8) is 0 Å². The third-order valence-corrected chi connectivity index (χ3v) is 2.68. The number of halogens is 1. The summed E-state index contributed by atoms with van der Waals surface area (Å²) in [7, 11) is 1.87. The molecule has 1 N–H and O–H groups in total. The highest BCUT2D eigenvalue weighted by Gasteiger charge is 2.13. The van der Waals surface area contributed by atoms with Crippen LogP contribution in [0.5, 0.6) is 0 Å². The topological polar surface area (TPSA) is 40.5 Å². The van der Waals surface area contributed by atoms with Crippen LogP contribution in [-0.4, -0.2) is 36.1 Å². The Hall–Kier alpha value is -1.42. The molecular formula is C13H18FNO2. The fourth-order valence-electron chi connectivity index (χ4n) is 1.65. The van der Waals surface area contributed by atoms with Gasteiger partial charge in [0, 0.05) is 13.1 Å². The highest BCUT2D eigenvalue weighted by atomic mass is 19.1. The van der Waals surface area contributed by atoms with E-state index >= 15 is 0 Å². The van der Waals surface area contributed by atoms with Crippen LogP contribution >= 0.6 is 0 Å². The van der Waals surface area contributed by atoms with E-state index in [1.54, 1.807) is 13.0 Å². The van der Waals surface area contributed by atoms with Crippen LogP contribution in [0.4, 0.5) is 4.39 Å². The van der Waals surface area contributed by atoms with E-state index in [4.69, 9.17) is 5.11 Å². The molecule has 1 aromatic carbocycles. The molecule has 0 spiro atoms. The molecule has 1 rings (SSSR count). The molecule has 17 heavy (non-hydrogen) atoms. The van der Waals surface area contributed by atoms with Gasteiger partial charge >= 0.3 is 5.97 Å². The summed E-state index contributed by atoms with van der Waals surface area (Å²) in [6, 6.07) is 6.48. The van der Waals surface area contributed by atoms with Crippen LogP contribution in [0.3, 0.4) is 0 Å². The first-order valence-corrected chi connectivity index (χ1v) is 5.65. The number of hydrogen-bond acceptors (Lipinski definition) is 2. The minimum atomic E-state index is -0.789. The van der Waals surface area contributed by atoms with Crippen molar-refractivity contribution in [3.05, 3.63) is 35.6 Å². The first-order chi connectivity index (χ1) is 7.99. The van der Waals surface area contributed by atoms with Gasteiger partial charge in [0.15, 0.2) is 0 Å². The van der Waals surface area contributed by atoms with E-state index in [0.717, 1.165) is 18.5 Å². The second-order valence-electron chi connectivity index (χ2n) is 4.38. The third kappa shape index (κ3) is 4.95. The van der Waals surface area contributed by atoms with E-state index in [-0.39, 0.29) is 11.7 Å². The highest BCUT2D eigenvalue weighted by Crippen LogP contribution is 2.06. The number of nitrogens with zero attached hydrogens (tertiary/aromatic N) is 1. The Morgan fingerprint density at radius 3 is 2.82 bits per heavy atom. The van der Waals surface area contributed by atoms with Gasteiger partial charge < -0.3 is 10.0 Å². The van der Waals surface area contributed by atoms with E-state index in [0.29, 0.717) is 6.54 Å². The zero-order chi connectivity index (χ0) is 12.8. The lowest BCUT2D eigenvalue weighted by Gasteiger charge is -2.18. The predicted octanol–water partition coefficient (Wildman–Crippen LogP) is 2.02. The van der Waals surface area contributed by atoms with Crippen LogP contribution in [-0.2, 0) is 11.2 Å². The summed E-state index contributed by atoms with van der Waals surface area (Å²) < 4.78 is 12.9. The van der Waals surface area contributed by atoms with Crippen LogP contribution in [0.25, 0.3) is 0 Å². The highest BCUT2D eigenvalue weighted by molar-refractivity contribution is 5.69. The van der Waals surface area contributed by atoms with Gasteiger partial charge in [0.1, 0.15) is 5.82 Å². The van der Waals surface area contributed by atoms with Gasteiger partial charge in [-0.15, -0.1) is 0 Å². The Morgan fingerprint density at radius 2 is 2.24 bits per heavy atom. The number of likely N-dealkylation sites (N-methyl/N-ethyl adjacent to an activating group) is 1. The maximum atomic E-state index is 12.9. The zero-order valence-electron chi connectivity index (χ0n) is 10.2. The van der Waals surface area contributed by atoms with E-state index < -0.39 is 5.97 Å². The Kier molecular flexibility index (Phi) is 5.10. The first kappa shape index (κ1) is 13.6. The normalized spacial score (nSPS) is 12.7. The second kappa shape index (κ2) is 6.35. The Bertz CT molecular complexity index is 381. The molecule has 94 valence electrons. The van der Waals surface area contributed by atoms with Crippen molar-refractivity contribution in [2.45, 2.75) is 13.3 Å². The summed E-state index contributed by atoms with van der Waals surface area (Å²) in [4.78, 5) is 12.6. The molecule has 0 heterocycles. The van der Waals surface area contributed by atoms with Crippen molar-refractivity contribution in [1.82, 2.24) is 4.90 Å². The summed E-state index contributed by atoms with van der Waals surface area (Å²) in [5.74, 6) is -1.40. The van der Waals surface area contributed by atoms with Crippen LogP contribution in [0, 0.1) is 11.7 Å². The number of aliphatic carboxylic acids is 1. The fraction of sp³-hybridized carbons (Fsp3) is 0.462. The van der Waals surface area contributed by atoms with Crippen LogP contribution in [0.15, 0.2) is 24.3 Å². The quantitative estimate of drug-likeness (QED) is 0.825. The molecule has 0 bridgehead atoms. The predicted molar refractivity (Wildman–Crippen MR) is 64.4 cm³/mol. The molecule has 0 aliphatic heterocycles. The fourth-order valence-corrected chi connectivity index (χ4v) is 1.65. The molecule has 0 aliphatic rings. The van der Waals surface area contributed by atoms with Gasteiger partial charge in [-0.3, -0.25) is 4.79 Å². The molecule has 1 aromatic rings. The molecule has 0 radical (unpaired) electrons. The van der Waals surface area contributed by atoms with Crippen LogP contribution in [0.2, 0.25) is 0 Å². The number of carbonyl (C=O) groups is 1. The summed E-state index contributed by atoms with van der Waals surface area (Å²) >= 11 is 0. The number of carboxylic acid groups (broad SMARTS) is 1. The van der Waals surface area contributed by atoms with Gasteiger partial charge in [0.25, 0.3) is 0 Å². The molecule has 3 nitrogen and oxygen atoms in total. The molecular weight excluding hydrogens is 221 g/mol. The molecule has 1 unspecified atom stereocenters. The molecule has 0 aromatic heterocycles. The second-order valence-corrected chi connectivity index (χ2v) is 4.38. The molecule has 4 heteroatoms. The summed E-state index contributed by atoms with van der Waals surface area (Å²) in [6.45, 7) is 2.91. The summed E-state index contributed by atoms with van der Waals surface area (Å²) in [5.41, 5.74) is 0.930. The van der Waals surface area contributed by atoms with Gasteiger partial charge in [-0.1, -0.05) is 19.1 Å². The Morgan fingerprint density at radius 1 is 1.53 bits per heavy atom. The number of hydrogen-bond donors (Lipinski definition) is 1. The van der Waals surface area contributed by atoms with Gasteiger partial charge in [0.2, 0.25) is 0 Å². The average molecular weight is 239 g/mol. The molecule has 0 fully saturated rings. The minimum Gasteiger partial charge on any atom is -0.481 e. The number of rotatable bonds is 6. The van der Waals surface area contributed by atoms with Crippen LogP contribution < -0.4 is 0 Å². The molecule has 0 saturated carbocycles. The van der Waals surface area contributed by atoms with E-state index in [2.05, 4.69) is 0 Å². The minimum absolute atomic E-state index is 0.232. The maximum absolute atomic E-state index is 12.9. The van der Waals surface area contributed by atoms with Crippen molar-refractivity contribution < 1.29 is 14.3 Å². The van der Waals surface area contributed by atoms with Gasteiger partial charge in [-0.2, -0.15) is 0 Å². The lowest BCUT2D eigenvalue weighted by atomic mass is 10.1. The summed E-state index contributed by atoms with van der Waals surface area (Å²) in [6.07, 6.45) is 0.723. The van der Waals surface area contributed by atoms with Crippen LogP contribution in [0.1, 0.15) is 12.5 Å². The van der Waals surface area contributed by atoms with Gasteiger partial charge in [0.05, 0.1) is 5.92 Å². The standard InChI is InChI=1S/C13H18FNO2/c1-10(13(16)17)9-15(2)7-6-11-4-3-5-12(14)8-11/h3-5,8,10H,6-7,9H2,1-2H3,(H,16,17). The molecule has 0 amide bonds. The third-order valence-electron chi connectivity index (χ3n) is 2.68. The van der Waals surface area contributed by atoms with E-state index in [1.807, 2.05) is 18.0 Å². The Labute approximate surface area is 101 Å². The lowest BCUT2D eigenvalue weighted by molar-refractivity contribution is -0.141. The lowest BCUT2D eigenvalue weighted by Crippen LogP contribution is -2.30. The monoisotopic (exact) mass is 239 g/mol. The van der Waals surface area contributed by atoms with Crippen molar-refractivity contribution in [3.8, 4) is 0 Å². The average Bonchev–Trinajstić information content (AvgIpc) is 2.26. The van der Waals surface area contributed by atoms with E-state index in [1.165, 1.54) is 12.1 Å². The van der Waals surface area contributed by atoms with Gasteiger partial charge in [-0.25, -0.2) is 4.39 Å². The molecule has 1 atom stereocenters. The van der Waals surface area contributed by atoms with E-state index in [9.17, 15) is 9.18 Å².